The van der Waals surface area contributed by atoms with Gasteiger partial charge in [0.05, 0.1) is 6.54 Å². The van der Waals surface area contributed by atoms with Gasteiger partial charge in [0.25, 0.3) is 11.8 Å². The van der Waals surface area contributed by atoms with Crippen molar-refractivity contribution in [3.8, 4) is 0 Å². The molecule has 3 N–H and O–H groups in total. The van der Waals surface area contributed by atoms with Gasteiger partial charge in [0, 0.05) is 25.0 Å². The summed E-state index contributed by atoms with van der Waals surface area (Å²) in [6.07, 6.45) is 5.66. The van der Waals surface area contributed by atoms with E-state index in [9.17, 15) is 19.2 Å². The van der Waals surface area contributed by atoms with Gasteiger partial charge in [-0.1, -0.05) is 33.1 Å². The summed E-state index contributed by atoms with van der Waals surface area (Å²) >= 11 is 0. The summed E-state index contributed by atoms with van der Waals surface area (Å²) in [5.74, 6) is -0.714. The summed E-state index contributed by atoms with van der Waals surface area (Å²) in [6.45, 7) is 5.21. The molecule has 0 bridgehead atoms. The van der Waals surface area contributed by atoms with Crippen LogP contribution in [0.5, 0.6) is 0 Å². The molecule has 0 atom stereocenters. The van der Waals surface area contributed by atoms with Crippen molar-refractivity contribution in [2.24, 2.45) is 5.92 Å². The second-order valence-corrected chi connectivity index (χ2v) is 8.46. The van der Waals surface area contributed by atoms with Crippen molar-refractivity contribution in [3.63, 3.8) is 0 Å². The van der Waals surface area contributed by atoms with E-state index in [1.807, 2.05) is 18.7 Å². The first-order valence-electron chi connectivity index (χ1n) is 10.3. The zero-order chi connectivity index (χ0) is 20.3. The number of nitrogens with zero attached hydrogens (tertiary/aromatic N) is 2. The number of piperidine rings is 1. The lowest BCUT2D eigenvalue weighted by Gasteiger charge is -2.32. The Morgan fingerprint density at radius 2 is 1.79 bits per heavy atom. The Bertz CT molecular complexity index is 636. The normalized spacial score (nSPS) is 23.2. The molecular formula is C19H31N5O4. The van der Waals surface area contributed by atoms with Gasteiger partial charge in [0.2, 0.25) is 5.91 Å². The minimum absolute atomic E-state index is 0.0413. The monoisotopic (exact) mass is 393 g/mol. The largest absolute Gasteiger partial charge is 0.353 e. The highest BCUT2D eigenvalue weighted by Gasteiger charge is 2.52. The summed E-state index contributed by atoms with van der Waals surface area (Å²) in [5.41, 5.74) is 1.64. The van der Waals surface area contributed by atoms with E-state index in [0.29, 0.717) is 25.9 Å². The van der Waals surface area contributed by atoms with E-state index in [1.54, 1.807) is 0 Å². The average Bonchev–Trinajstić information content (AvgIpc) is 2.88. The number of nitrogens with one attached hydrogen (secondary N) is 3. The number of rotatable bonds is 5. The molecule has 1 saturated carbocycles. The van der Waals surface area contributed by atoms with E-state index in [2.05, 4.69) is 16.1 Å². The number of hydrazine groups is 1. The quantitative estimate of drug-likeness (QED) is 0.590. The van der Waals surface area contributed by atoms with E-state index in [-0.39, 0.29) is 36.2 Å². The standard InChI is InChI=1S/C19H31N5O4/c1-13(2)16(26)20-14-6-10-23(11-7-14)12-15(25)22-24-17(27)19(21-18(24)28)8-4-3-5-9-19/h13-14H,3-12H2,1-2H3,(H,20,26)(H,21,28)(H,22,25). The van der Waals surface area contributed by atoms with Crippen LogP contribution in [0.25, 0.3) is 0 Å². The number of urea groups is 1. The van der Waals surface area contributed by atoms with E-state index in [0.717, 1.165) is 37.1 Å². The van der Waals surface area contributed by atoms with Gasteiger partial charge in [-0.2, -0.15) is 5.01 Å². The van der Waals surface area contributed by atoms with Crippen LogP contribution in [0.1, 0.15) is 58.8 Å². The highest BCUT2D eigenvalue weighted by atomic mass is 16.2. The van der Waals surface area contributed by atoms with Crippen LogP contribution in [0.3, 0.4) is 0 Å². The Hall–Kier alpha value is -2.16. The van der Waals surface area contributed by atoms with Crippen LogP contribution in [0.2, 0.25) is 0 Å². The number of amides is 5. The van der Waals surface area contributed by atoms with Crippen LogP contribution in [0, 0.1) is 5.92 Å². The number of carbonyl (C=O) groups is 4. The molecule has 0 radical (unpaired) electrons. The highest BCUT2D eigenvalue weighted by molar-refractivity contribution is 6.08. The molecule has 0 aromatic rings. The lowest BCUT2D eigenvalue weighted by Crippen LogP contribution is -2.53. The smallest absolute Gasteiger partial charge is 0.344 e. The molecule has 1 aliphatic carbocycles. The van der Waals surface area contributed by atoms with Gasteiger partial charge >= 0.3 is 6.03 Å². The van der Waals surface area contributed by atoms with Gasteiger partial charge in [0.1, 0.15) is 5.54 Å². The first-order chi connectivity index (χ1) is 13.3. The van der Waals surface area contributed by atoms with Crippen LogP contribution in [0.4, 0.5) is 4.79 Å². The van der Waals surface area contributed by atoms with Crippen molar-refractivity contribution in [2.45, 2.75) is 70.4 Å². The molecular weight excluding hydrogens is 362 g/mol. The van der Waals surface area contributed by atoms with E-state index < -0.39 is 11.6 Å². The number of hydrogen-bond acceptors (Lipinski definition) is 5. The predicted molar refractivity (Wildman–Crippen MR) is 102 cm³/mol. The van der Waals surface area contributed by atoms with Crippen molar-refractivity contribution in [3.05, 3.63) is 0 Å². The lowest BCUT2D eigenvalue weighted by molar-refractivity contribution is -0.140. The maximum atomic E-state index is 12.7. The second-order valence-electron chi connectivity index (χ2n) is 8.46. The fourth-order valence-corrected chi connectivity index (χ4v) is 4.18. The summed E-state index contributed by atoms with van der Waals surface area (Å²) < 4.78 is 0. The van der Waals surface area contributed by atoms with Crippen LogP contribution in [-0.2, 0) is 14.4 Å². The van der Waals surface area contributed by atoms with Crippen LogP contribution in [-0.4, -0.2) is 64.9 Å². The average molecular weight is 393 g/mol. The molecule has 1 spiro atoms. The van der Waals surface area contributed by atoms with Gasteiger partial charge < -0.3 is 10.6 Å². The molecule has 2 aliphatic heterocycles. The molecule has 2 heterocycles. The van der Waals surface area contributed by atoms with Crippen LogP contribution >= 0.6 is 0 Å². The van der Waals surface area contributed by atoms with Crippen molar-refractivity contribution < 1.29 is 19.2 Å². The number of imide groups is 1. The van der Waals surface area contributed by atoms with Crippen molar-refractivity contribution in [1.29, 1.82) is 0 Å². The van der Waals surface area contributed by atoms with Gasteiger partial charge in [-0.3, -0.25) is 24.7 Å². The minimum atomic E-state index is -0.838. The van der Waals surface area contributed by atoms with Crippen molar-refractivity contribution in [1.82, 2.24) is 26.0 Å². The van der Waals surface area contributed by atoms with Crippen molar-refractivity contribution >= 4 is 23.8 Å². The minimum Gasteiger partial charge on any atom is -0.353 e. The van der Waals surface area contributed by atoms with Gasteiger partial charge in [-0.15, -0.1) is 0 Å². The lowest BCUT2D eigenvalue weighted by atomic mass is 9.82. The van der Waals surface area contributed by atoms with Gasteiger partial charge in [0.15, 0.2) is 0 Å². The maximum Gasteiger partial charge on any atom is 0.344 e. The third-order valence-electron chi connectivity index (χ3n) is 5.93. The zero-order valence-electron chi connectivity index (χ0n) is 16.8. The molecule has 2 saturated heterocycles. The molecule has 3 fully saturated rings. The third kappa shape index (κ3) is 4.45. The molecule has 3 rings (SSSR count). The Morgan fingerprint density at radius 3 is 2.39 bits per heavy atom. The van der Waals surface area contributed by atoms with E-state index >= 15 is 0 Å². The van der Waals surface area contributed by atoms with E-state index in [1.165, 1.54) is 0 Å². The third-order valence-corrected chi connectivity index (χ3v) is 5.93. The molecule has 156 valence electrons. The molecule has 0 aromatic carbocycles. The molecule has 3 aliphatic rings. The summed E-state index contributed by atoms with van der Waals surface area (Å²) in [7, 11) is 0. The summed E-state index contributed by atoms with van der Waals surface area (Å²) in [5, 5.41) is 6.65. The van der Waals surface area contributed by atoms with Crippen LogP contribution in [0.15, 0.2) is 0 Å². The Morgan fingerprint density at radius 1 is 1.14 bits per heavy atom. The first kappa shape index (κ1) is 20.6. The number of likely N-dealkylation sites (tertiary alicyclic amines) is 1. The second kappa shape index (κ2) is 8.46. The van der Waals surface area contributed by atoms with E-state index in [4.69, 9.17) is 0 Å². The SMILES string of the molecule is CC(C)C(=O)NC1CCN(CC(=O)NN2C(=O)NC3(CCCCC3)C2=O)CC1. The summed E-state index contributed by atoms with van der Waals surface area (Å²) in [6, 6.07) is -0.415. The fourth-order valence-electron chi connectivity index (χ4n) is 4.18. The molecule has 0 unspecified atom stereocenters. The Labute approximate surface area is 165 Å². The number of carbonyl (C=O) groups excluding carboxylic acids is 4. The maximum absolute atomic E-state index is 12.7. The topological polar surface area (TPSA) is 111 Å². The van der Waals surface area contributed by atoms with Crippen LogP contribution < -0.4 is 16.1 Å². The molecule has 28 heavy (non-hydrogen) atoms. The van der Waals surface area contributed by atoms with Crippen molar-refractivity contribution in [2.75, 3.05) is 19.6 Å². The Kier molecular flexibility index (Phi) is 6.22. The van der Waals surface area contributed by atoms with Gasteiger partial charge in [-0.25, -0.2) is 4.79 Å². The molecule has 9 heteroatoms. The van der Waals surface area contributed by atoms with Gasteiger partial charge in [-0.05, 0) is 25.7 Å². The fraction of sp³-hybridized carbons (Fsp3) is 0.789. The molecule has 0 aromatic heterocycles. The highest BCUT2D eigenvalue weighted by Crippen LogP contribution is 2.32. The Balaban J connectivity index is 1.45. The predicted octanol–water partition coefficient (Wildman–Crippen LogP) is 0.509. The number of hydrogen-bond donors (Lipinski definition) is 3. The summed E-state index contributed by atoms with van der Waals surface area (Å²) in [4.78, 5) is 51.1. The first-order valence-corrected chi connectivity index (χ1v) is 10.3. The molecule has 5 amide bonds. The molecule has 9 nitrogen and oxygen atoms in total. The zero-order valence-corrected chi connectivity index (χ0v) is 16.8.